The first-order chi connectivity index (χ1) is 5.27. The molecule has 0 spiro atoms. The van der Waals surface area contributed by atoms with Crippen LogP contribution in [-0.4, -0.2) is 19.8 Å². The highest BCUT2D eigenvalue weighted by molar-refractivity contribution is 4.21. The van der Waals surface area contributed by atoms with E-state index in [2.05, 4.69) is 19.6 Å². The van der Waals surface area contributed by atoms with E-state index in [4.69, 9.17) is 0 Å². The van der Waals surface area contributed by atoms with Gasteiger partial charge in [0.1, 0.15) is 0 Å². The predicted octanol–water partition coefficient (Wildman–Crippen LogP) is 1.58. The van der Waals surface area contributed by atoms with Crippen LogP contribution in [0.2, 0.25) is 0 Å². The van der Waals surface area contributed by atoms with Crippen LogP contribution in [-0.2, 0) is 19.6 Å². The Morgan fingerprint density at radius 2 is 1.33 bits per heavy atom. The molecule has 0 heterocycles. The standard InChI is InChI=1S/C3H3F5O4/c1-9-11-3(7,8)12-10-2(4,5)6/h1H3. The molecule has 0 aromatic rings. The average molecular weight is 198 g/mol. The molecule has 4 nitrogen and oxygen atoms in total. The minimum atomic E-state index is -5.33. The van der Waals surface area contributed by atoms with Gasteiger partial charge in [-0.3, -0.25) is 0 Å². The van der Waals surface area contributed by atoms with Gasteiger partial charge in [0.05, 0.1) is 7.11 Å². The molecule has 0 aromatic heterocycles. The molecular formula is C3H3F5O4. The molecule has 9 heteroatoms. The highest BCUT2D eigenvalue weighted by Crippen LogP contribution is 2.24. The Kier molecular flexibility index (Phi) is 3.77. The first-order valence-corrected chi connectivity index (χ1v) is 2.30. The second-order valence-electron chi connectivity index (χ2n) is 1.33. The van der Waals surface area contributed by atoms with Gasteiger partial charge in [0, 0.05) is 0 Å². The number of rotatable bonds is 4. The Balaban J connectivity index is 3.75. The van der Waals surface area contributed by atoms with E-state index < -0.39 is 12.7 Å². The summed E-state index contributed by atoms with van der Waals surface area (Å²) in [6.45, 7) is 0. The zero-order valence-corrected chi connectivity index (χ0v) is 5.52. The summed E-state index contributed by atoms with van der Waals surface area (Å²) in [6, 6.07) is 0. The minimum absolute atomic E-state index is 0.658. The molecule has 0 amide bonds. The Hall–Kier alpha value is -0.510. The van der Waals surface area contributed by atoms with Crippen LogP contribution in [0.3, 0.4) is 0 Å². The second kappa shape index (κ2) is 3.94. The van der Waals surface area contributed by atoms with E-state index in [9.17, 15) is 22.0 Å². The summed E-state index contributed by atoms with van der Waals surface area (Å²) in [7, 11) is 0.658. The highest BCUT2D eigenvalue weighted by Gasteiger charge is 2.42. The summed E-state index contributed by atoms with van der Waals surface area (Å²) in [4.78, 5) is 11.1. The summed E-state index contributed by atoms with van der Waals surface area (Å²) in [5.74, 6) is 0. The van der Waals surface area contributed by atoms with Gasteiger partial charge in [-0.05, 0) is 0 Å². The zero-order valence-electron chi connectivity index (χ0n) is 5.52. The molecule has 0 aliphatic carbocycles. The molecule has 0 aromatic carbocycles. The van der Waals surface area contributed by atoms with E-state index in [0.717, 1.165) is 0 Å². The van der Waals surface area contributed by atoms with Crippen molar-refractivity contribution in [1.29, 1.82) is 0 Å². The maximum atomic E-state index is 11.8. The lowest BCUT2D eigenvalue weighted by Crippen LogP contribution is -2.28. The molecule has 0 bridgehead atoms. The number of hydrogen-bond acceptors (Lipinski definition) is 4. The summed E-state index contributed by atoms with van der Waals surface area (Å²) in [5.41, 5.74) is 0. The normalized spacial score (nSPS) is 13.5. The smallest absolute Gasteiger partial charge is 0.232 e. The van der Waals surface area contributed by atoms with Crippen molar-refractivity contribution in [2.45, 2.75) is 12.7 Å². The summed E-state index contributed by atoms with van der Waals surface area (Å²) in [5, 5.41) is 0. The minimum Gasteiger partial charge on any atom is -0.232 e. The maximum Gasteiger partial charge on any atom is 0.549 e. The topological polar surface area (TPSA) is 36.9 Å². The molecule has 0 aliphatic rings. The zero-order chi connectivity index (χ0) is 9.83. The molecular weight excluding hydrogens is 195 g/mol. The van der Waals surface area contributed by atoms with Crippen LogP contribution in [0.5, 0.6) is 0 Å². The summed E-state index contributed by atoms with van der Waals surface area (Å²) in [6.07, 6.45) is -9.94. The molecule has 0 rings (SSSR count). The first-order valence-electron chi connectivity index (χ1n) is 2.30. The van der Waals surface area contributed by atoms with Gasteiger partial charge >= 0.3 is 12.7 Å². The van der Waals surface area contributed by atoms with Crippen molar-refractivity contribution >= 4 is 0 Å². The van der Waals surface area contributed by atoms with E-state index in [1.807, 2.05) is 0 Å². The third-order valence-electron chi connectivity index (χ3n) is 0.414. The Labute approximate surface area is 62.6 Å². The largest absolute Gasteiger partial charge is 0.549 e. The molecule has 74 valence electrons. The third-order valence-corrected chi connectivity index (χ3v) is 0.414. The van der Waals surface area contributed by atoms with Crippen LogP contribution in [0.4, 0.5) is 22.0 Å². The van der Waals surface area contributed by atoms with Gasteiger partial charge in [0.15, 0.2) is 0 Å². The van der Waals surface area contributed by atoms with Gasteiger partial charge in [0.2, 0.25) is 0 Å². The van der Waals surface area contributed by atoms with Gasteiger partial charge < -0.3 is 0 Å². The number of halogens is 5. The van der Waals surface area contributed by atoms with E-state index in [1.54, 1.807) is 0 Å². The Morgan fingerprint density at radius 3 is 1.67 bits per heavy atom. The maximum absolute atomic E-state index is 11.8. The Morgan fingerprint density at radius 1 is 0.833 bits per heavy atom. The van der Waals surface area contributed by atoms with Gasteiger partial charge in [0.25, 0.3) is 0 Å². The van der Waals surface area contributed by atoms with Crippen LogP contribution in [0.15, 0.2) is 0 Å². The number of hydrogen-bond donors (Lipinski definition) is 0. The highest BCUT2D eigenvalue weighted by atomic mass is 19.4. The average Bonchev–Trinajstić information content (AvgIpc) is 1.83. The van der Waals surface area contributed by atoms with Crippen molar-refractivity contribution < 1.29 is 41.5 Å². The molecule has 12 heavy (non-hydrogen) atoms. The van der Waals surface area contributed by atoms with Crippen molar-refractivity contribution in [1.82, 2.24) is 0 Å². The lowest BCUT2D eigenvalue weighted by atomic mass is 11.3. The van der Waals surface area contributed by atoms with E-state index in [-0.39, 0.29) is 0 Å². The second-order valence-corrected chi connectivity index (χ2v) is 1.33. The summed E-state index contributed by atoms with van der Waals surface area (Å²) >= 11 is 0. The van der Waals surface area contributed by atoms with Gasteiger partial charge in [-0.25, -0.2) is 4.89 Å². The molecule has 0 atom stereocenters. The molecule has 0 unspecified atom stereocenters. The van der Waals surface area contributed by atoms with Crippen LogP contribution in [0.25, 0.3) is 0 Å². The lowest BCUT2D eigenvalue weighted by molar-refractivity contribution is -0.631. The van der Waals surface area contributed by atoms with Crippen LogP contribution >= 0.6 is 0 Å². The fourth-order valence-corrected chi connectivity index (χ4v) is 0.207. The van der Waals surface area contributed by atoms with Gasteiger partial charge in [-0.15, -0.1) is 36.6 Å². The number of alkyl halides is 5. The molecule has 0 N–H and O–H groups in total. The van der Waals surface area contributed by atoms with Crippen molar-refractivity contribution in [3.05, 3.63) is 0 Å². The van der Waals surface area contributed by atoms with Crippen molar-refractivity contribution in [2.24, 2.45) is 0 Å². The van der Waals surface area contributed by atoms with Crippen LogP contribution in [0.1, 0.15) is 0 Å². The predicted molar refractivity (Wildman–Crippen MR) is 21.3 cm³/mol. The fourth-order valence-electron chi connectivity index (χ4n) is 0.207. The SMILES string of the molecule is COOC(F)(F)OOC(F)(F)F. The van der Waals surface area contributed by atoms with E-state index >= 15 is 0 Å². The van der Waals surface area contributed by atoms with Gasteiger partial charge in [-0.1, -0.05) is 0 Å². The molecule has 0 aliphatic heterocycles. The molecule has 0 fully saturated rings. The quantitative estimate of drug-likeness (QED) is 0.297. The van der Waals surface area contributed by atoms with Crippen LogP contribution < -0.4 is 0 Å². The molecule has 0 radical (unpaired) electrons. The van der Waals surface area contributed by atoms with Gasteiger partial charge in [-0.2, -0.15) is 0 Å². The van der Waals surface area contributed by atoms with E-state index in [1.165, 1.54) is 0 Å². The van der Waals surface area contributed by atoms with Crippen molar-refractivity contribution in [3.8, 4) is 0 Å². The first kappa shape index (κ1) is 11.5. The van der Waals surface area contributed by atoms with E-state index in [0.29, 0.717) is 7.11 Å². The molecule has 0 saturated carbocycles. The summed E-state index contributed by atoms with van der Waals surface area (Å²) < 4.78 is 56.7. The fraction of sp³-hybridized carbons (Fsp3) is 1.00. The molecule has 0 saturated heterocycles. The Bertz CT molecular complexity index is 133. The van der Waals surface area contributed by atoms with Crippen molar-refractivity contribution in [3.63, 3.8) is 0 Å². The lowest BCUT2D eigenvalue weighted by Gasteiger charge is -2.13. The van der Waals surface area contributed by atoms with Crippen molar-refractivity contribution in [2.75, 3.05) is 7.11 Å². The third kappa shape index (κ3) is 6.22. The monoisotopic (exact) mass is 198 g/mol. The van der Waals surface area contributed by atoms with Crippen LogP contribution in [0, 0.1) is 0 Å².